The zero-order valence-corrected chi connectivity index (χ0v) is 8.52. The monoisotopic (exact) mass is 217 g/mol. The summed E-state index contributed by atoms with van der Waals surface area (Å²) in [5, 5.41) is 10.3. The Kier molecular flexibility index (Phi) is 6.03. The van der Waals surface area contributed by atoms with Gasteiger partial charge in [-0.1, -0.05) is 0 Å². The van der Waals surface area contributed by atoms with Gasteiger partial charge >= 0.3 is 12.0 Å². The molecule has 0 unspecified atom stereocenters. The molecule has 0 spiro atoms. The van der Waals surface area contributed by atoms with Crippen molar-refractivity contribution < 1.29 is 19.5 Å². The number of carboxylic acids is 1. The molecular weight excluding hydrogens is 202 g/mol. The summed E-state index contributed by atoms with van der Waals surface area (Å²) in [6, 6.07) is -0.881. The lowest BCUT2D eigenvalue weighted by Gasteiger charge is -2.14. The van der Waals surface area contributed by atoms with Crippen LogP contribution in [0.4, 0.5) is 4.79 Å². The Bertz CT molecular complexity index is 254. The SMILES string of the molecule is CN(CCC(=O)O)CCC(=O)NC(N)=O. The largest absolute Gasteiger partial charge is 0.481 e. The molecule has 0 radical (unpaired) electrons. The van der Waals surface area contributed by atoms with E-state index in [1.54, 1.807) is 11.9 Å². The first-order chi connectivity index (χ1) is 6.91. The topological polar surface area (TPSA) is 113 Å². The molecule has 4 N–H and O–H groups in total. The number of carbonyl (C=O) groups is 3. The van der Waals surface area contributed by atoms with Crippen molar-refractivity contribution in [1.82, 2.24) is 10.2 Å². The number of carboxylic acid groups (broad SMARTS) is 1. The predicted molar refractivity (Wildman–Crippen MR) is 52.1 cm³/mol. The van der Waals surface area contributed by atoms with Crippen molar-refractivity contribution in [2.75, 3.05) is 20.1 Å². The predicted octanol–water partition coefficient (Wildman–Crippen LogP) is -1.02. The quantitative estimate of drug-likeness (QED) is 0.527. The minimum absolute atomic E-state index is 0.0218. The fourth-order valence-corrected chi connectivity index (χ4v) is 0.891. The van der Waals surface area contributed by atoms with E-state index < -0.39 is 17.9 Å². The third-order valence-corrected chi connectivity index (χ3v) is 1.69. The molecular formula is C8H15N3O4. The first kappa shape index (κ1) is 13.4. The molecule has 0 aliphatic carbocycles. The number of hydrogen-bond donors (Lipinski definition) is 3. The van der Waals surface area contributed by atoms with Gasteiger partial charge in [0.25, 0.3) is 0 Å². The van der Waals surface area contributed by atoms with Gasteiger partial charge in [-0.25, -0.2) is 4.79 Å². The number of hydrogen-bond acceptors (Lipinski definition) is 4. The Morgan fingerprint density at radius 1 is 1.27 bits per heavy atom. The lowest BCUT2D eigenvalue weighted by Crippen LogP contribution is -2.37. The number of amides is 3. The number of urea groups is 1. The van der Waals surface area contributed by atoms with E-state index in [-0.39, 0.29) is 12.8 Å². The van der Waals surface area contributed by atoms with Crippen molar-refractivity contribution in [2.45, 2.75) is 12.8 Å². The lowest BCUT2D eigenvalue weighted by molar-refractivity contribution is -0.137. The van der Waals surface area contributed by atoms with Crippen molar-refractivity contribution >= 4 is 17.9 Å². The molecule has 0 aliphatic heterocycles. The number of carbonyl (C=O) groups excluding carboxylic acids is 2. The summed E-state index contributed by atoms with van der Waals surface area (Å²) in [4.78, 5) is 33.1. The van der Waals surface area contributed by atoms with Crippen molar-refractivity contribution in [3.63, 3.8) is 0 Å². The average molecular weight is 217 g/mol. The molecule has 0 rings (SSSR count). The summed E-state index contributed by atoms with van der Waals surface area (Å²) in [5.41, 5.74) is 4.74. The van der Waals surface area contributed by atoms with Crippen molar-refractivity contribution in [3.8, 4) is 0 Å². The second-order valence-electron chi connectivity index (χ2n) is 3.11. The lowest BCUT2D eigenvalue weighted by atomic mass is 10.3. The Hall–Kier alpha value is -1.63. The number of primary amides is 1. The average Bonchev–Trinajstić information content (AvgIpc) is 2.10. The van der Waals surface area contributed by atoms with E-state index in [0.29, 0.717) is 13.1 Å². The molecule has 7 nitrogen and oxygen atoms in total. The summed E-state index contributed by atoms with van der Waals surface area (Å²) < 4.78 is 0. The highest BCUT2D eigenvalue weighted by Crippen LogP contribution is 1.90. The van der Waals surface area contributed by atoms with Crippen molar-refractivity contribution in [3.05, 3.63) is 0 Å². The van der Waals surface area contributed by atoms with Crippen LogP contribution in [0.1, 0.15) is 12.8 Å². The zero-order chi connectivity index (χ0) is 11.8. The molecule has 0 aromatic heterocycles. The van der Waals surface area contributed by atoms with Gasteiger partial charge in [0.15, 0.2) is 0 Å². The fourth-order valence-electron chi connectivity index (χ4n) is 0.891. The highest BCUT2D eigenvalue weighted by molar-refractivity contribution is 5.93. The molecule has 3 amide bonds. The second-order valence-corrected chi connectivity index (χ2v) is 3.11. The molecule has 0 bridgehead atoms. The fraction of sp³-hybridized carbons (Fsp3) is 0.625. The van der Waals surface area contributed by atoms with Crippen LogP contribution in [0.15, 0.2) is 0 Å². The molecule has 0 aliphatic rings. The van der Waals surface area contributed by atoms with Crippen LogP contribution in [0, 0.1) is 0 Å². The summed E-state index contributed by atoms with van der Waals surface area (Å²) >= 11 is 0. The molecule has 0 saturated heterocycles. The smallest absolute Gasteiger partial charge is 0.318 e. The van der Waals surface area contributed by atoms with Crippen LogP contribution in [0.5, 0.6) is 0 Å². The van der Waals surface area contributed by atoms with Gasteiger partial charge in [0, 0.05) is 19.5 Å². The maximum atomic E-state index is 10.9. The van der Waals surface area contributed by atoms with Gasteiger partial charge < -0.3 is 15.7 Å². The van der Waals surface area contributed by atoms with E-state index in [4.69, 9.17) is 10.8 Å². The van der Waals surface area contributed by atoms with E-state index in [9.17, 15) is 14.4 Å². The zero-order valence-electron chi connectivity index (χ0n) is 8.52. The Labute approximate surface area is 87.2 Å². The summed E-state index contributed by atoms with van der Waals surface area (Å²) in [6.07, 6.45) is 0.132. The number of nitrogens with zero attached hydrogens (tertiary/aromatic N) is 1. The minimum Gasteiger partial charge on any atom is -0.481 e. The molecule has 15 heavy (non-hydrogen) atoms. The van der Waals surface area contributed by atoms with E-state index in [0.717, 1.165) is 0 Å². The summed E-state index contributed by atoms with van der Waals surface area (Å²) in [5.74, 6) is -1.35. The first-order valence-electron chi connectivity index (χ1n) is 4.41. The number of nitrogens with two attached hydrogens (primary N) is 1. The van der Waals surface area contributed by atoms with Gasteiger partial charge in [-0.15, -0.1) is 0 Å². The Balaban J connectivity index is 3.61. The molecule has 0 aromatic rings. The maximum Gasteiger partial charge on any atom is 0.318 e. The van der Waals surface area contributed by atoms with Crippen molar-refractivity contribution in [2.24, 2.45) is 5.73 Å². The highest BCUT2D eigenvalue weighted by atomic mass is 16.4. The molecule has 0 aromatic carbocycles. The van der Waals surface area contributed by atoms with E-state index in [1.165, 1.54) is 0 Å². The molecule has 0 fully saturated rings. The first-order valence-corrected chi connectivity index (χ1v) is 4.41. The van der Waals surface area contributed by atoms with Gasteiger partial charge in [-0.05, 0) is 7.05 Å². The number of rotatable bonds is 6. The van der Waals surface area contributed by atoms with Gasteiger partial charge in [-0.3, -0.25) is 14.9 Å². The van der Waals surface area contributed by atoms with E-state index in [1.807, 2.05) is 5.32 Å². The Morgan fingerprint density at radius 3 is 2.27 bits per heavy atom. The molecule has 7 heteroatoms. The van der Waals surface area contributed by atoms with Crippen LogP contribution in [0.25, 0.3) is 0 Å². The van der Waals surface area contributed by atoms with Gasteiger partial charge in [-0.2, -0.15) is 0 Å². The van der Waals surface area contributed by atoms with Crippen LogP contribution in [0.3, 0.4) is 0 Å². The maximum absolute atomic E-state index is 10.9. The minimum atomic E-state index is -0.886. The van der Waals surface area contributed by atoms with Crippen LogP contribution in [0.2, 0.25) is 0 Å². The molecule has 0 heterocycles. The van der Waals surface area contributed by atoms with Crippen molar-refractivity contribution in [1.29, 1.82) is 0 Å². The van der Waals surface area contributed by atoms with Crippen LogP contribution in [-0.2, 0) is 9.59 Å². The van der Waals surface area contributed by atoms with E-state index in [2.05, 4.69) is 0 Å². The molecule has 0 atom stereocenters. The van der Waals surface area contributed by atoms with Crippen LogP contribution in [-0.4, -0.2) is 48.1 Å². The standard InChI is InChI=1S/C8H15N3O4/c1-11(5-3-7(13)14)4-2-6(12)10-8(9)15/h2-5H2,1H3,(H,13,14)(H3,9,10,12,15). The third-order valence-electron chi connectivity index (χ3n) is 1.69. The normalized spacial score (nSPS) is 10.0. The number of nitrogens with one attached hydrogen (secondary N) is 1. The van der Waals surface area contributed by atoms with Gasteiger partial charge in [0.05, 0.1) is 6.42 Å². The summed E-state index contributed by atoms with van der Waals surface area (Å²) in [6.45, 7) is 0.742. The Morgan fingerprint density at radius 2 is 1.80 bits per heavy atom. The molecule has 0 saturated carbocycles. The van der Waals surface area contributed by atoms with Crippen LogP contribution >= 0.6 is 0 Å². The molecule has 86 valence electrons. The number of aliphatic carboxylic acids is 1. The number of imide groups is 1. The van der Waals surface area contributed by atoms with Crippen LogP contribution < -0.4 is 11.1 Å². The highest BCUT2D eigenvalue weighted by Gasteiger charge is 2.07. The third kappa shape index (κ3) is 8.69. The van der Waals surface area contributed by atoms with E-state index >= 15 is 0 Å². The van der Waals surface area contributed by atoms with Gasteiger partial charge in [0.1, 0.15) is 0 Å². The summed E-state index contributed by atoms with van der Waals surface area (Å²) in [7, 11) is 1.69. The van der Waals surface area contributed by atoms with Gasteiger partial charge in [0.2, 0.25) is 5.91 Å². The second kappa shape index (κ2) is 6.77.